The summed E-state index contributed by atoms with van der Waals surface area (Å²) in [6, 6.07) is 14.8. The van der Waals surface area contributed by atoms with Crippen molar-refractivity contribution in [2.75, 3.05) is 0 Å². The maximum Gasteiger partial charge on any atom is 0.168 e. The molecule has 2 aromatic carbocycles. The van der Waals surface area contributed by atoms with Gasteiger partial charge in [-0.1, -0.05) is 59.8 Å². The molecule has 0 fully saturated rings. The largest absolute Gasteiger partial charge is 0.390 e. The van der Waals surface area contributed by atoms with Gasteiger partial charge in [0.25, 0.3) is 0 Å². The van der Waals surface area contributed by atoms with E-state index in [-0.39, 0.29) is 12.4 Å². The van der Waals surface area contributed by atoms with Gasteiger partial charge in [0, 0.05) is 22.9 Å². The molecule has 0 amide bonds. The molecule has 3 nitrogen and oxygen atoms in total. The van der Waals surface area contributed by atoms with E-state index in [1.165, 1.54) is 23.4 Å². The fourth-order valence-corrected chi connectivity index (χ4v) is 3.93. The first kappa shape index (κ1) is 18.0. The lowest BCUT2D eigenvalue weighted by Gasteiger charge is -2.11. The molecule has 0 atom stereocenters. The summed E-state index contributed by atoms with van der Waals surface area (Å²) < 4.78 is 15.9. The Morgan fingerprint density at radius 3 is 2.64 bits per heavy atom. The molecule has 0 aliphatic rings. The van der Waals surface area contributed by atoms with Crippen LogP contribution in [0.1, 0.15) is 16.8 Å². The van der Waals surface area contributed by atoms with Gasteiger partial charge in [0.15, 0.2) is 5.16 Å². The second kappa shape index (κ2) is 8.52. The van der Waals surface area contributed by atoms with Crippen LogP contribution in [0.2, 0.25) is 5.02 Å². The lowest BCUT2D eigenvalue weighted by Crippen LogP contribution is -2.07. The van der Waals surface area contributed by atoms with Gasteiger partial charge in [0.05, 0.1) is 18.5 Å². The number of benzene rings is 2. The summed E-state index contributed by atoms with van der Waals surface area (Å²) in [5, 5.41) is 10.7. The topological polar surface area (TPSA) is 38.1 Å². The summed E-state index contributed by atoms with van der Waals surface area (Å²) >= 11 is 7.50. The van der Waals surface area contributed by atoms with E-state index in [1.54, 1.807) is 18.3 Å². The Hall–Kier alpha value is -1.82. The maximum absolute atomic E-state index is 13.9. The zero-order valence-corrected chi connectivity index (χ0v) is 15.1. The fraction of sp³-hybridized carbons (Fsp3) is 0.211. The van der Waals surface area contributed by atoms with E-state index in [0.717, 1.165) is 17.3 Å². The second-order valence-corrected chi connectivity index (χ2v) is 6.92. The lowest BCUT2D eigenvalue weighted by molar-refractivity contribution is 0.269. The van der Waals surface area contributed by atoms with Gasteiger partial charge in [-0.25, -0.2) is 9.37 Å². The second-order valence-electron chi connectivity index (χ2n) is 5.57. The Balaban J connectivity index is 1.74. The summed E-state index contributed by atoms with van der Waals surface area (Å²) in [7, 11) is 0. The summed E-state index contributed by atoms with van der Waals surface area (Å²) in [5.74, 6) is 0.0726. The molecule has 25 heavy (non-hydrogen) atoms. The summed E-state index contributed by atoms with van der Waals surface area (Å²) in [6.07, 6.45) is 2.49. The number of aliphatic hydroxyl groups excluding tert-OH is 1. The highest BCUT2D eigenvalue weighted by Gasteiger charge is 2.13. The Labute approximate surface area is 155 Å². The SMILES string of the molecule is OCc1cnc(SCc2c(F)cccc2Cl)n1CCc1ccccc1. The minimum absolute atomic E-state index is 0.0806. The van der Waals surface area contributed by atoms with Gasteiger partial charge in [-0.2, -0.15) is 0 Å². The first-order chi connectivity index (χ1) is 12.2. The van der Waals surface area contributed by atoms with E-state index in [4.69, 9.17) is 11.6 Å². The van der Waals surface area contributed by atoms with Crippen molar-refractivity contribution in [1.29, 1.82) is 0 Å². The van der Waals surface area contributed by atoms with Gasteiger partial charge in [-0.05, 0) is 24.1 Å². The quantitative estimate of drug-likeness (QED) is 0.607. The molecule has 130 valence electrons. The van der Waals surface area contributed by atoms with E-state index in [2.05, 4.69) is 17.1 Å². The van der Waals surface area contributed by atoms with E-state index in [1.807, 2.05) is 22.8 Å². The molecule has 0 aliphatic carbocycles. The van der Waals surface area contributed by atoms with Crippen LogP contribution >= 0.6 is 23.4 Å². The van der Waals surface area contributed by atoms with Crippen LogP contribution in [0.15, 0.2) is 59.9 Å². The monoisotopic (exact) mass is 376 g/mol. The summed E-state index contributed by atoms with van der Waals surface area (Å²) in [5.41, 5.74) is 2.43. The van der Waals surface area contributed by atoms with Crippen LogP contribution in [0.3, 0.4) is 0 Å². The number of aliphatic hydroxyl groups is 1. The van der Waals surface area contributed by atoms with Crippen molar-refractivity contribution in [3.05, 3.63) is 82.4 Å². The van der Waals surface area contributed by atoms with Gasteiger partial charge in [-0.3, -0.25) is 0 Å². The Kier molecular flexibility index (Phi) is 6.13. The zero-order valence-electron chi connectivity index (χ0n) is 13.5. The van der Waals surface area contributed by atoms with E-state index in [0.29, 0.717) is 22.9 Å². The number of rotatable bonds is 7. The van der Waals surface area contributed by atoms with Crippen molar-refractivity contribution in [1.82, 2.24) is 9.55 Å². The number of aromatic nitrogens is 2. The number of thioether (sulfide) groups is 1. The van der Waals surface area contributed by atoms with Crippen molar-refractivity contribution >= 4 is 23.4 Å². The molecule has 0 radical (unpaired) electrons. The van der Waals surface area contributed by atoms with Gasteiger partial charge >= 0.3 is 0 Å². The minimum Gasteiger partial charge on any atom is -0.390 e. The maximum atomic E-state index is 13.9. The molecular formula is C19H18ClFN2OS. The van der Waals surface area contributed by atoms with Gasteiger partial charge in [0.1, 0.15) is 5.82 Å². The molecule has 3 rings (SSSR count). The summed E-state index contributed by atoms with van der Waals surface area (Å²) in [4.78, 5) is 4.37. The molecule has 0 spiro atoms. The van der Waals surface area contributed by atoms with Crippen molar-refractivity contribution < 1.29 is 9.50 Å². The number of imidazole rings is 1. The molecule has 0 saturated heterocycles. The predicted molar refractivity (Wildman–Crippen MR) is 99.3 cm³/mol. The van der Waals surface area contributed by atoms with E-state index < -0.39 is 0 Å². The highest BCUT2D eigenvalue weighted by molar-refractivity contribution is 7.98. The first-order valence-electron chi connectivity index (χ1n) is 7.94. The van der Waals surface area contributed by atoms with Crippen LogP contribution in [0.4, 0.5) is 4.39 Å². The molecule has 0 aliphatic heterocycles. The van der Waals surface area contributed by atoms with Gasteiger partial charge in [0.2, 0.25) is 0 Å². The van der Waals surface area contributed by atoms with Crippen LogP contribution < -0.4 is 0 Å². The number of nitrogens with zero attached hydrogens (tertiary/aromatic N) is 2. The Morgan fingerprint density at radius 2 is 1.92 bits per heavy atom. The molecule has 1 heterocycles. The molecule has 0 saturated carbocycles. The van der Waals surface area contributed by atoms with Gasteiger partial charge < -0.3 is 9.67 Å². The standard InChI is InChI=1S/C19H18ClFN2OS/c20-17-7-4-8-18(21)16(17)13-25-19-22-11-15(12-24)23(19)10-9-14-5-2-1-3-6-14/h1-8,11,24H,9-10,12-13H2. The highest BCUT2D eigenvalue weighted by Crippen LogP contribution is 2.28. The van der Waals surface area contributed by atoms with Crippen LogP contribution in [0.25, 0.3) is 0 Å². The molecule has 1 aromatic heterocycles. The third-order valence-corrected chi connectivity index (χ3v) is 5.31. The fourth-order valence-electron chi connectivity index (χ4n) is 2.57. The van der Waals surface area contributed by atoms with E-state index >= 15 is 0 Å². The van der Waals surface area contributed by atoms with Crippen molar-refractivity contribution in [2.24, 2.45) is 0 Å². The van der Waals surface area contributed by atoms with Crippen LogP contribution in [0, 0.1) is 5.82 Å². The number of hydrogen-bond donors (Lipinski definition) is 1. The number of hydrogen-bond acceptors (Lipinski definition) is 3. The smallest absolute Gasteiger partial charge is 0.168 e. The highest BCUT2D eigenvalue weighted by atomic mass is 35.5. The Bertz CT molecular complexity index is 818. The zero-order chi connectivity index (χ0) is 17.6. The third-order valence-electron chi connectivity index (χ3n) is 3.94. The Morgan fingerprint density at radius 1 is 1.12 bits per heavy atom. The molecule has 0 unspecified atom stereocenters. The summed E-state index contributed by atoms with van der Waals surface area (Å²) in [6.45, 7) is 0.621. The van der Waals surface area contributed by atoms with Crippen molar-refractivity contribution in [3.63, 3.8) is 0 Å². The third kappa shape index (κ3) is 4.42. The normalized spacial score (nSPS) is 11.0. The predicted octanol–water partition coefficient (Wildman–Crippen LogP) is 4.70. The average molecular weight is 377 g/mol. The average Bonchev–Trinajstić information content (AvgIpc) is 3.02. The minimum atomic E-state index is -0.315. The van der Waals surface area contributed by atoms with Crippen molar-refractivity contribution in [3.8, 4) is 0 Å². The molecule has 3 aromatic rings. The molecular weight excluding hydrogens is 359 g/mol. The molecule has 0 bridgehead atoms. The van der Waals surface area contributed by atoms with Crippen LogP contribution in [0.5, 0.6) is 0 Å². The molecule has 1 N–H and O–H groups in total. The number of halogens is 2. The first-order valence-corrected chi connectivity index (χ1v) is 9.30. The van der Waals surface area contributed by atoms with E-state index in [9.17, 15) is 9.50 Å². The van der Waals surface area contributed by atoms with Crippen LogP contribution in [-0.4, -0.2) is 14.7 Å². The van der Waals surface area contributed by atoms with Crippen LogP contribution in [-0.2, 0) is 25.3 Å². The van der Waals surface area contributed by atoms with Crippen molar-refractivity contribution in [2.45, 2.75) is 30.5 Å². The number of aryl methyl sites for hydroxylation is 1. The molecule has 6 heteroatoms. The van der Waals surface area contributed by atoms with Gasteiger partial charge in [-0.15, -0.1) is 0 Å². The lowest BCUT2D eigenvalue weighted by atomic mass is 10.1.